The standard InChI is InChI=1S/C21H22N4O4/c1-28-20(27)14-6-8-16(9-7-14)25-21-24-13-19(29-21)18-5-3-2-4-15(18)11-23-12-17(26)10-22/h2-9,13,23H,10-12,22H2,1H3,(H,24,25). The Morgan fingerprint density at radius 1 is 1.14 bits per heavy atom. The minimum absolute atomic E-state index is 0.0202. The van der Waals surface area contributed by atoms with E-state index in [2.05, 4.69) is 20.4 Å². The van der Waals surface area contributed by atoms with E-state index in [1.54, 1.807) is 30.5 Å². The van der Waals surface area contributed by atoms with Crippen molar-refractivity contribution >= 4 is 23.5 Å². The van der Waals surface area contributed by atoms with Gasteiger partial charge in [0.2, 0.25) is 0 Å². The van der Waals surface area contributed by atoms with Gasteiger partial charge in [-0.15, -0.1) is 0 Å². The van der Waals surface area contributed by atoms with Crippen LogP contribution < -0.4 is 16.4 Å². The zero-order valence-electron chi connectivity index (χ0n) is 16.0. The average Bonchev–Trinajstić information content (AvgIpc) is 3.22. The predicted octanol–water partition coefficient (Wildman–Crippen LogP) is 2.49. The van der Waals surface area contributed by atoms with E-state index >= 15 is 0 Å². The molecule has 0 aliphatic carbocycles. The summed E-state index contributed by atoms with van der Waals surface area (Å²) in [4.78, 5) is 27.1. The van der Waals surface area contributed by atoms with Gasteiger partial charge < -0.3 is 25.5 Å². The first kappa shape index (κ1) is 20.2. The lowest BCUT2D eigenvalue weighted by Crippen LogP contribution is -2.27. The molecule has 0 spiro atoms. The molecular formula is C21H22N4O4. The summed E-state index contributed by atoms with van der Waals surface area (Å²) in [5, 5.41) is 6.14. The second-order valence-electron chi connectivity index (χ2n) is 6.23. The van der Waals surface area contributed by atoms with Crippen LogP contribution in [0.25, 0.3) is 11.3 Å². The van der Waals surface area contributed by atoms with Gasteiger partial charge in [-0.3, -0.25) is 4.79 Å². The molecule has 0 radical (unpaired) electrons. The molecule has 8 heteroatoms. The first-order valence-electron chi connectivity index (χ1n) is 9.02. The molecular weight excluding hydrogens is 372 g/mol. The monoisotopic (exact) mass is 394 g/mol. The Morgan fingerprint density at radius 2 is 1.90 bits per heavy atom. The van der Waals surface area contributed by atoms with E-state index in [4.69, 9.17) is 10.2 Å². The van der Waals surface area contributed by atoms with Gasteiger partial charge in [0, 0.05) is 17.8 Å². The lowest BCUT2D eigenvalue weighted by Gasteiger charge is -2.08. The third-order valence-corrected chi connectivity index (χ3v) is 4.21. The molecule has 150 valence electrons. The number of benzene rings is 2. The first-order valence-corrected chi connectivity index (χ1v) is 9.02. The number of nitrogens with zero attached hydrogens (tertiary/aromatic N) is 1. The number of carbonyl (C=O) groups excluding carboxylic acids is 2. The molecule has 1 heterocycles. The number of esters is 1. The number of nitrogens with one attached hydrogen (secondary N) is 2. The maximum Gasteiger partial charge on any atom is 0.337 e. The number of aromatic nitrogens is 1. The fraction of sp³-hybridized carbons (Fsp3) is 0.190. The third kappa shape index (κ3) is 5.28. The molecule has 0 unspecified atom stereocenters. The lowest BCUT2D eigenvalue weighted by atomic mass is 10.1. The molecule has 0 saturated heterocycles. The maximum absolute atomic E-state index is 11.5. The van der Waals surface area contributed by atoms with Crippen molar-refractivity contribution in [1.82, 2.24) is 10.3 Å². The number of methoxy groups -OCH3 is 1. The summed E-state index contributed by atoms with van der Waals surface area (Å²) in [5.41, 5.74) is 8.36. The van der Waals surface area contributed by atoms with Crippen LogP contribution >= 0.6 is 0 Å². The maximum atomic E-state index is 11.5. The second-order valence-corrected chi connectivity index (χ2v) is 6.23. The first-order chi connectivity index (χ1) is 14.1. The van der Waals surface area contributed by atoms with Crippen LogP contribution in [-0.2, 0) is 16.1 Å². The van der Waals surface area contributed by atoms with Gasteiger partial charge in [-0.2, -0.15) is 0 Å². The smallest absolute Gasteiger partial charge is 0.337 e. The molecule has 8 nitrogen and oxygen atoms in total. The second kappa shape index (κ2) is 9.63. The van der Waals surface area contributed by atoms with E-state index < -0.39 is 5.97 Å². The summed E-state index contributed by atoms with van der Waals surface area (Å²) < 4.78 is 10.5. The molecule has 0 saturated carbocycles. The minimum atomic E-state index is -0.395. The van der Waals surface area contributed by atoms with E-state index in [0.717, 1.165) is 16.8 Å². The summed E-state index contributed by atoms with van der Waals surface area (Å²) in [6.07, 6.45) is 1.63. The number of anilines is 2. The van der Waals surface area contributed by atoms with Crippen molar-refractivity contribution in [2.75, 3.05) is 25.5 Å². The summed E-state index contributed by atoms with van der Waals surface area (Å²) in [6, 6.07) is 14.8. The number of ether oxygens (including phenoxy) is 1. The van der Waals surface area contributed by atoms with Crippen LogP contribution in [0.3, 0.4) is 0 Å². The molecule has 0 amide bonds. The van der Waals surface area contributed by atoms with Crippen LogP contribution in [0, 0.1) is 0 Å². The van der Waals surface area contributed by atoms with Crippen LogP contribution in [0.4, 0.5) is 11.7 Å². The molecule has 4 N–H and O–H groups in total. The molecule has 3 aromatic rings. The van der Waals surface area contributed by atoms with Gasteiger partial charge in [0.15, 0.2) is 11.5 Å². The van der Waals surface area contributed by atoms with E-state index in [-0.39, 0.29) is 18.9 Å². The molecule has 0 aliphatic heterocycles. The Morgan fingerprint density at radius 3 is 2.62 bits per heavy atom. The highest BCUT2D eigenvalue weighted by atomic mass is 16.5. The van der Waals surface area contributed by atoms with Crippen LogP contribution in [0.5, 0.6) is 0 Å². The van der Waals surface area contributed by atoms with Gasteiger partial charge in [0.05, 0.1) is 32.0 Å². The van der Waals surface area contributed by atoms with Crippen LogP contribution in [0.1, 0.15) is 15.9 Å². The van der Waals surface area contributed by atoms with Crippen LogP contribution in [0.2, 0.25) is 0 Å². The fourth-order valence-corrected chi connectivity index (χ4v) is 2.71. The Bertz CT molecular complexity index is 982. The summed E-state index contributed by atoms with van der Waals surface area (Å²) in [5.74, 6) is 0.154. The number of hydrogen-bond acceptors (Lipinski definition) is 8. The molecule has 3 rings (SSSR count). The molecule has 0 atom stereocenters. The van der Waals surface area contributed by atoms with Gasteiger partial charge in [-0.1, -0.05) is 24.3 Å². The quantitative estimate of drug-likeness (QED) is 0.474. The van der Waals surface area contributed by atoms with Gasteiger partial charge in [-0.25, -0.2) is 9.78 Å². The Balaban J connectivity index is 1.70. The van der Waals surface area contributed by atoms with Crippen molar-refractivity contribution in [2.45, 2.75) is 6.54 Å². The van der Waals surface area contributed by atoms with Crippen molar-refractivity contribution in [2.24, 2.45) is 5.73 Å². The normalized spacial score (nSPS) is 10.6. The topological polar surface area (TPSA) is 119 Å². The lowest BCUT2D eigenvalue weighted by molar-refractivity contribution is -0.116. The van der Waals surface area contributed by atoms with Gasteiger partial charge in [-0.05, 0) is 29.8 Å². The van der Waals surface area contributed by atoms with Gasteiger partial charge in [0.1, 0.15) is 0 Å². The minimum Gasteiger partial charge on any atom is -0.465 e. The molecule has 0 aliphatic rings. The third-order valence-electron chi connectivity index (χ3n) is 4.21. The van der Waals surface area contributed by atoms with Gasteiger partial charge >= 0.3 is 5.97 Å². The molecule has 0 bridgehead atoms. The average molecular weight is 394 g/mol. The SMILES string of the molecule is COC(=O)c1ccc(Nc2ncc(-c3ccccc3CNCC(=O)CN)o2)cc1. The van der Waals surface area contributed by atoms with Crippen LogP contribution in [-0.4, -0.2) is 36.9 Å². The fourth-order valence-electron chi connectivity index (χ4n) is 2.71. The number of Topliss-reactive ketones (excluding diaryl/α,β-unsaturated/α-hetero) is 1. The molecule has 1 aromatic heterocycles. The van der Waals surface area contributed by atoms with E-state index in [9.17, 15) is 9.59 Å². The number of hydrogen-bond donors (Lipinski definition) is 3. The molecule has 2 aromatic carbocycles. The van der Waals surface area contributed by atoms with Crippen molar-refractivity contribution in [3.63, 3.8) is 0 Å². The zero-order valence-corrected chi connectivity index (χ0v) is 16.0. The Labute approximate surface area is 168 Å². The molecule has 0 fully saturated rings. The van der Waals surface area contributed by atoms with Crippen molar-refractivity contribution < 1.29 is 18.7 Å². The number of oxazole rings is 1. The number of nitrogens with two attached hydrogens (primary N) is 1. The zero-order chi connectivity index (χ0) is 20.6. The van der Waals surface area contributed by atoms with E-state index in [1.807, 2.05) is 24.3 Å². The van der Waals surface area contributed by atoms with E-state index in [0.29, 0.717) is 23.9 Å². The van der Waals surface area contributed by atoms with Crippen LogP contribution in [0.15, 0.2) is 59.1 Å². The van der Waals surface area contributed by atoms with Crippen molar-refractivity contribution in [3.05, 3.63) is 65.9 Å². The highest BCUT2D eigenvalue weighted by Crippen LogP contribution is 2.27. The summed E-state index contributed by atoms with van der Waals surface area (Å²) in [7, 11) is 1.34. The van der Waals surface area contributed by atoms with Crippen molar-refractivity contribution in [1.29, 1.82) is 0 Å². The Hall–Kier alpha value is -3.49. The summed E-state index contributed by atoms with van der Waals surface area (Å²) >= 11 is 0. The predicted molar refractivity (Wildman–Crippen MR) is 109 cm³/mol. The highest BCUT2D eigenvalue weighted by Gasteiger charge is 2.11. The largest absolute Gasteiger partial charge is 0.465 e. The highest BCUT2D eigenvalue weighted by molar-refractivity contribution is 5.89. The number of carbonyl (C=O) groups is 2. The van der Waals surface area contributed by atoms with Crippen molar-refractivity contribution in [3.8, 4) is 11.3 Å². The number of rotatable bonds is 9. The Kier molecular flexibility index (Phi) is 6.72. The van der Waals surface area contributed by atoms with E-state index in [1.165, 1.54) is 7.11 Å². The van der Waals surface area contributed by atoms with Gasteiger partial charge in [0.25, 0.3) is 6.01 Å². The molecule has 29 heavy (non-hydrogen) atoms. The summed E-state index contributed by atoms with van der Waals surface area (Å²) in [6.45, 7) is 0.738. The number of ketones is 1.